The molecular formula is C15H17N3O4S. The molecule has 1 atom stereocenters. The number of nitrogens with zero attached hydrogens (tertiary/aromatic N) is 2. The summed E-state index contributed by atoms with van der Waals surface area (Å²) in [6.07, 6.45) is 2.33. The molecule has 0 aliphatic heterocycles. The van der Waals surface area contributed by atoms with E-state index in [-0.39, 0.29) is 4.90 Å². The Morgan fingerprint density at radius 1 is 1.13 bits per heavy atom. The first-order chi connectivity index (χ1) is 10.8. The molecule has 0 spiro atoms. The second-order valence-corrected chi connectivity index (χ2v) is 7.00. The molecule has 122 valence electrons. The van der Waals surface area contributed by atoms with Crippen molar-refractivity contribution in [1.82, 2.24) is 14.7 Å². The Balaban J connectivity index is 2.26. The maximum absolute atomic E-state index is 12.2. The molecule has 0 saturated heterocycles. The Bertz CT molecular complexity index is 774. The third-order valence-electron chi connectivity index (χ3n) is 3.19. The minimum atomic E-state index is -4.00. The molecule has 0 amide bonds. The van der Waals surface area contributed by atoms with E-state index in [1.807, 2.05) is 18.2 Å². The summed E-state index contributed by atoms with van der Waals surface area (Å²) < 4.78 is 26.7. The predicted octanol–water partition coefficient (Wildman–Crippen LogP) is 1.53. The standard InChI is InChI=1S/C15H17N3O4S/c1-10(2)13(15(19)20)18-23(21,22)12-8-16-14(17-9-12)11-6-4-3-5-7-11/h3-10,13,18H,1-2H3,(H,19,20)/t13-/m1/s1. The first kappa shape index (κ1) is 17.0. The monoisotopic (exact) mass is 335 g/mol. The molecule has 0 unspecified atom stereocenters. The van der Waals surface area contributed by atoms with Crippen LogP contribution in [-0.4, -0.2) is 35.5 Å². The lowest BCUT2D eigenvalue weighted by atomic mass is 10.1. The molecule has 0 bridgehead atoms. The molecule has 1 heterocycles. The van der Waals surface area contributed by atoms with E-state index < -0.39 is 28.0 Å². The number of carbonyl (C=O) groups is 1. The molecule has 0 aliphatic carbocycles. The van der Waals surface area contributed by atoms with Gasteiger partial charge in [0, 0.05) is 5.56 Å². The van der Waals surface area contributed by atoms with Gasteiger partial charge in [0.05, 0.1) is 12.4 Å². The number of hydrogen-bond acceptors (Lipinski definition) is 5. The lowest BCUT2D eigenvalue weighted by Gasteiger charge is -2.17. The summed E-state index contributed by atoms with van der Waals surface area (Å²) in [5, 5.41) is 9.09. The Labute approximate surface area is 134 Å². The van der Waals surface area contributed by atoms with Gasteiger partial charge in [-0.3, -0.25) is 4.79 Å². The number of benzene rings is 1. The Kier molecular flexibility index (Phi) is 5.07. The van der Waals surface area contributed by atoms with Crippen molar-refractivity contribution in [3.63, 3.8) is 0 Å². The Hall–Kier alpha value is -2.32. The van der Waals surface area contributed by atoms with Gasteiger partial charge >= 0.3 is 5.97 Å². The van der Waals surface area contributed by atoms with Gasteiger partial charge in [0.2, 0.25) is 10.0 Å². The van der Waals surface area contributed by atoms with Gasteiger partial charge in [-0.2, -0.15) is 4.72 Å². The van der Waals surface area contributed by atoms with E-state index in [1.165, 1.54) is 0 Å². The third-order valence-corrected chi connectivity index (χ3v) is 4.58. The van der Waals surface area contributed by atoms with Crippen LogP contribution < -0.4 is 4.72 Å². The summed E-state index contributed by atoms with van der Waals surface area (Å²) in [4.78, 5) is 19.0. The Morgan fingerprint density at radius 3 is 2.17 bits per heavy atom. The average Bonchev–Trinajstić information content (AvgIpc) is 2.53. The highest BCUT2D eigenvalue weighted by Gasteiger charge is 2.28. The fourth-order valence-electron chi connectivity index (χ4n) is 1.90. The fraction of sp³-hybridized carbons (Fsp3) is 0.267. The molecule has 8 heteroatoms. The lowest BCUT2D eigenvalue weighted by Crippen LogP contribution is -2.44. The van der Waals surface area contributed by atoms with Gasteiger partial charge in [0.25, 0.3) is 0 Å². The van der Waals surface area contributed by atoms with E-state index in [1.54, 1.807) is 26.0 Å². The zero-order valence-electron chi connectivity index (χ0n) is 12.7. The van der Waals surface area contributed by atoms with E-state index in [0.29, 0.717) is 5.82 Å². The molecule has 0 saturated carbocycles. The molecule has 2 rings (SSSR count). The molecular weight excluding hydrogens is 318 g/mol. The molecule has 0 fully saturated rings. The topological polar surface area (TPSA) is 109 Å². The van der Waals surface area contributed by atoms with Gasteiger partial charge in [-0.05, 0) is 5.92 Å². The van der Waals surface area contributed by atoms with Crippen molar-refractivity contribution < 1.29 is 18.3 Å². The number of hydrogen-bond donors (Lipinski definition) is 2. The van der Waals surface area contributed by atoms with E-state index in [9.17, 15) is 13.2 Å². The number of carboxylic acid groups (broad SMARTS) is 1. The van der Waals surface area contributed by atoms with Crippen LogP contribution in [0.1, 0.15) is 13.8 Å². The molecule has 1 aromatic heterocycles. The molecule has 23 heavy (non-hydrogen) atoms. The number of sulfonamides is 1. The summed E-state index contributed by atoms with van der Waals surface area (Å²) in [6.45, 7) is 3.24. The van der Waals surface area contributed by atoms with Gasteiger partial charge in [-0.1, -0.05) is 44.2 Å². The van der Waals surface area contributed by atoms with Crippen LogP contribution in [0.3, 0.4) is 0 Å². The van der Waals surface area contributed by atoms with Gasteiger partial charge in [0.1, 0.15) is 10.9 Å². The number of nitrogens with one attached hydrogen (secondary N) is 1. The van der Waals surface area contributed by atoms with E-state index in [2.05, 4.69) is 14.7 Å². The molecule has 1 aromatic carbocycles. The second kappa shape index (κ2) is 6.84. The summed E-state index contributed by atoms with van der Waals surface area (Å²) in [5.41, 5.74) is 0.759. The first-order valence-electron chi connectivity index (χ1n) is 6.94. The van der Waals surface area contributed by atoms with Gasteiger partial charge < -0.3 is 5.11 Å². The highest BCUT2D eigenvalue weighted by atomic mass is 32.2. The maximum Gasteiger partial charge on any atom is 0.322 e. The highest BCUT2D eigenvalue weighted by Crippen LogP contribution is 2.16. The van der Waals surface area contributed by atoms with Crippen molar-refractivity contribution in [3.8, 4) is 11.4 Å². The third kappa shape index (κ3) is 4.11. The quantitative estimate of drug-likeness (QED) is 0.828. The number of aromatic nitrogens is 2. The average molecular weight is 335 g/mol. The summed E-state index contributed by atoms with van der Waals surface area (Å²) in [6, 6.07) is 7.90. The lowest BCUT2D eigenvalue weighted by molar-refractivity contribution is -0.140. The molecule has 0 radical (unpaired) electrons. The van der Waals surface area contributed by atoms with Crippen molar-refractivity contribution in [3.05, 3.63) is 42.7 Å². The number of carboxylic acids is 1. The zero-order valence-corrected chi connectivity index (χ0v) is 13.5. The van der Waals surface area contributed by atoms with Crippen LogP contribution in [0, 0.1) is 5.92 Å². The predicted molar refractivity (Wildman–Crippen MR) is 84.1 cm³/mol. The molecule has 0 aliphatic rings. The normalized spacial score (nSPS) is 13.0. The summed E-state index contributed by atoms with van der Waals surface area (Å²) in [5.74, 6) is -1.24. The Morgan fingerprint density at radius 2 is 1.70 bits per heavy atom. The highest BCUT2D eigenvalue weighted by molar-refractivity contribution is 7.89. The first-order valence-corrected chi connectivity index (χ1v) is 8.42. The van der Waals surface area contributed by atoms with Crippen LogP contribution in [0.2, 0.25) is 0 Å². The van der Waals surface area contributed by atoms with Crippen LogP contribution in [-0.2, 0) is 14.8 Å². The van der Waals surface area contributed by atoms with Crippen LogP contribution in [0.4, 0.5) is 0 Å². The zero-order chi connectivity index (χ0) is 17.0. The van der Waals surface area contributed by atoms with E-state index in [4.69, 9.17) is 5.11 Å². The van der Waals surface area contributed by atoms with Crippen molar-refractivity contribution >= 4 is 16.0 Å². The van der Waals surface area contributed by atoms with Crippen LogP contribution in [0.25, 0.3) is 11.4 Å². The van der Waals surface area contributed by atoms with Gasteiger partial charge in [-0.25, -0.2) is 18.4 Å². The minimum absolute atomic E-state index is 0.177. The van der Waals surface area contributed by atoms with Crippen molar-refractivity contribution in [2.24, 2.45) is 5.92 Å². The van der Waals surface area contributed by atoms with Gasteiger partial charge in [0.15, 0.2) is 5.82 Å². The smallest absolute Gasteiger partial charge is 0.322 e. The van der Waals surface area contributed by atoms with Crippen LogP contribution >= 0.6 is 0 Å². The van der Waals surface area contributed by atoms with Crippen LogP contribution in [0.5, 0.6) is 0 Å². The van der Waals surface area contributed by atoms with E-state index in [0.717, 1.165) is 18.0 Å². The second-order valence-electron chi connectivity index (χ2n) is 5.29. The molecule has 2 aromatic rings. The maximum atomic E-state index is 12.2. The SMILES string of the molecule is CC(C)[C@@H](NS(=O)(=O)c1cnc(-c2ccccc2)nc1)C(=O)O. The molecule has 7 nitrogen and oxygen atoms in total. The molecule has 2 N–H and O–H groups in total. The fourth-order valence-corrected chi connectivity index (χ4v) is 3.12. The van der Waals surface area contributed by atoms with Gasteiger partial charge in [-0.15, -0.1) is 0 Å². The summed E-state index contributed by atoms with van der Waals surface area (Å²) >= 11 is 0. The van der Waals surface area contributed by atoms with Crippen molar-refractivity contribution in [2.45, 2.75) is 24.8 Å². The minimum Gasteiger partial charge on any atom is -0.480 e. The van der Waals surface area contributed by atoms with Crippen LogP contribution in [0.15, 0.2) is 47.6 Å². The van der Waals surface area contributed by atoms with E-state index >= 15 is 0 Å². The van der Waals surface area contributed by atoms with Crippen molar-refractivity contribution in [1.29, 1.82) is 0 Å². The number of rotatable bonds is 6. The number of aliphatic carboxylic acids is 1. The van der Waals surface area contributed by atoms with Crippen molar-refractivity contribution in [2.75, 3.05) is 0 Å². The summed E-state index contributed by atoms with van der Waals surface area (Å²) in [7, 11) is -4.00. The largest absolute Gasteiger partial charge is 0.480 e.